The zero-order valence-corrected chi connectivity index (χ0v) is 15.2. The maximum Gasteiger partial charge on any atom is 0.226 e. The van der Waals surface area contributed by atoms with Gasteiger partial charge in [0.15, 0.2) is 0 Å². The lowest BCUT2D eigenvalue weighted by atomic mass is 10.2. The molecule has 0 atom stereocenters. The lowest BCUT2D eigenvalue weighted by Gasteiger charge is -2.01. The Bertz CT molecular complexity index is 1040. The summed E-state index contributed by atoms with van der Waals surface area (Å²) < 4.78 is 14.4. The molecule has 26 heavy (non-hydrogen) atoms. The van der Waals surface area contributed by atoms with Crippen LogP contribution in [0.1, 0.15) is 10.7 Å². The van der Waals surface area contributed by atoms with Gasteiger partial charge in [0.2, 0.25) is 5.91 Å². The molecule has 4 rings (SSSR count). The molecule has 0 aliphatic rings. The predicted molar refractivity (Wildman–Crippen MR) is 103 cm³/mol. The van der Waals surface area contributed by atoms with E-state index in [0.717, 1.165) is 20.8 Å². The van der Waals surface area contributed by atoms with E-state index in [1.807, 2.05) is 29.6 Å². The average molecular weight is 383 g/mol. The Morgan fingerprint density at radius 1 is 1.12 bits per heavy atom. The number of para-hydroxylation sites is 1. The highest BCUT2D eigenvalue weighted by molar-refractivity contribution is 7.18. The van der Waals surface area contributed by atoms with Gasteiger partial charge in [-0.25, -0.2) is 14.4 Å². The number of carbonyl (C=O) groups is 1. The summed E-state index contributed by atoms with van der Waals surface area (Å²) in [6, 6.07) is 14.2. The van der Waals surface area contributed by atoms with Crippen molar-refractivity contribution in [3.05, 3.63) is 70.4 Å². The van der Waals surface area contributed by atoms with Gasteiger partial charge in [0.05, 0.1) is 28.9 Å². The van der Waals surface area contributed by atoms with Gasteiger partial charge < -0.3 is 5.32 Å². The van der Waals surface area contributed by atoms with Crippen LogP contribution in [0.4, 0.5) is 4.39 Å². The van der Waals surface area contributed by atoms with Crippen LogP contribution in [0.2, 0.25) is 0 Å². The van der Waals surface area contributed by atoms with Crippen LogP contribution in [-0.4, -0.2) is 15.9 Å². The van der Waals surface area contributed by atoms with Crippen LogP contribution in [0.15, 0.2) is 53.9 Å². The zero-order chi connectivity index (χ0) is 17.9. The first-order chi connectivity index (χ1) is 12.7. The van der Waals surface area contributed by atoms with Gasteiger partial charge in [0.1, 0.15) is 15.8 Å². The second-order valence-electron chi connectivity index (χ2n) is 5.68. The topological polar surface area (TPSA) is 54.9 Å². The molecule has 0 radical (unpaired) electrons. The highest BCUT2D eigenvalue weighted by Gasteiger charge is 2.10. The number of fused-ring (bicyclic) bond motifs is 1. The number of hydrogen-bond donors (Lipinski definition) is 1. The minimum Gasteiger partial charge on any atom is -0.349 e. The number of rotatable bonds is 5. The molecule has 2 heterocycles. The van der Waals surface area contributed by atoms with E-state index in [4.69, 9.17) is 0 Å². The first-order valence-electron chi connectivity index (χ1n) is 7.99. The fourth-order valence-electron chi connectivity index (χ4n) is 2.54. The van der Waals surface area contributed by atoms with E-state index in [2.05, 4.69) is 15.3 Å². The maximum atomic E-state index is 13.3. The van der Waals surface area contributed by atoms with Gasteiger partial charge in [-0.15, -0.1) is 22.7 Å². The number of carbonyl (C=O) groups excluding carboxylic acids is 1. The van der Waals surface area contributed by atoms with Crippen molar-refractivity contribution in [3.63, 3.8) is 0 Å². The summed E-state index contributed by atoms with van der Waals surface area (Å²) in [5.74, 6) is -0.409. The van der Waals surface area contributed by atoms with Crippen molar-refractivity contribution in [2.45, 2.75) is 13.0 Å². The molecule has 0 saturated heterocycles. The molecule has 130 valence electrons. The molecule has 4 aromatic rings. The summed E-state index contributed by atoms with van der Waals surface area (Å²) in [6.45, 7) is 0.402. The number of nitrogens with one attached hydrogen (secondary N) is 1. The largest absolute Gasteiger partial charge is 0.349 e. The van der Waals surface area contributed by atoms with Gasteiger partial charge in [-0.3, -0.25) is 4.79 Å². The molecule has 0 aliphatic carbocycles. The Hall–Kier alpha value is -2.64. The second-order valence-corrected chi connectivity index (χ2v) is 7.66. The number of benzene rings is 2. The number of nitrogens with zero attached hydrogens (tertiary/aromatic N) is 2. The van der Waals surface area contributed by atoms with Crippen molar-refractivity contribution >= 4 is 38.8 Å². The summed E-state index contributed by atoms with van der Waals surface area (Å²) in [4.78, 5) is 21.1. The van der Waals surface area contributed by atoms with E-state index in [9.17, 15) is 9.18 Å². The van der Waals surface area contributed by atoms with Crippen molar-refractivity contribution in [1.29, 1.82) is 0 Å². The van der Waals surface area contributed by atoms with Crippen LogP contribution in [-0.2, 0) is 17.8 Å². The van der Waals surface area contributed by atoms with Crippen molar-refractivity contribution in [3.8, 4) is 10.6 Å². The minimum absolute atomic E-state index is 0.111. The van der Waals surface area contributed by atoms with E-state index in [0.29, 0.717) is 17.2 Å². The minimum atomic E-state index is -0.298. The highest BCUT2D eigenvalue weighted by Crippen LogP contribution is 2.24. The highest BCUT2D eigenvalue weighted by atomic mass is 32.1. The molecule has 1 N–H and O–H groups in total. The molecule has 4 nitrogen and oxygen atoms in total. The number of thiazole rings is 2. The third-order valence-electron chi connectivity index (χ3n) is 3.74. The number of halogens is 1. The number of aromatic nitrogens is 2. The standard InChI is InChI=1S/C19H14FN3OS2/c20-13-5-3-4-12(8-13)19-22-14(11-25-19)9-17(24)21-10-18-23-15-6-1-2-7-16(15)26-18/h1-8,11H,9-10H2,(H,21,24). The Kier molecular flexibility index (Phi) is 4.73. The molecular formula is C19H14FN3OS2. The van der Waals surface area contributed by atoms with Crippen LogP contribution >= 0.6 is 22.7 Å². The normalized spacial score (nSPS) is 11.0. The smallest absolute Gasteiger partial charge is 0.226 e. The van der Waals surface area contributed by atoms with E-state index >= 15 is 0 Å². The summed E-state index contributed by atoms with van der Waals surface area (Å²) in [6.07, 6.45) is 0.191. The predicted octanol–water partition coefficient (Wildman–Crippen LogP) is 4.42. The SMILES string of the molecule is O=C(Cc1csc(-c2cccc(F)c2)n1)NCc1nc2ccccc2s1. The molecule has 0 fully saturated rings. The van der Waals surface area contributed by atoms with Crippen molar-refractivity contribution in [1.82, 2.24) is 15.3 Å². The monoisotopic (exact) mass is 383 g/mol. The average Bonchev–Trinajstić information content (AvgIpc) is 3.26. The van der Waals surface area contributed by atoms with Gasteiger partial charge in [-0.2, -0.15) is 0 Å². The van der Waals surface area contributed by atoms with Crippen LogP contribution in [0.5, 0.6) is 0 Å². The molecule has 0 aliphatic heterocycles. The summed E-state index contributed by atoms with van der Waals surface area (Å²) in [7, 11) is 0. The number of hydrogen-bond acceptors (Lipinski definition) is 5. The molecule has 0 bridgehead atoms. The Balaban J connectivity index is 1.37. The molecular weight excluding hydrogens is 369 g/mol. The Labute approximate surface area is 157 Å². The zero-order valence-electron chi connectivity index (χ0n) is 13.6. The van der Waals surface area contributed by atoms with E-state index in [1.54, 1.807) is 23.5 Å². The maximum absolute atomic E-state index is 13.3. The molecule has 7 heteroatoms. The lowest BCUT2D eigenvalue weighted by molar-refractivity contribution is -0.120. The van der Waals surface area contributed by atoms with E-state index in [1.165, 1.54) is 23.5 Å². The fourth-order valence-corrected chi connectivity index (χ4v) is 4.26. The van der Waals surface area contributed by atoms with Crippen molar-refractivity contribution in [2.75, 3.05) is 0 Å². The molecule has 2 aromatic heterocycles. The lowest BCUT2D eigenvalue weighted by Crippen LogP contribution is -2.24. The summed E-state index contributed by atoms with van der Waals surface area (Å²) in [5.41, 5.74) is 2.34. The third kappa shape index (κ3) is 3.79. The molecule has 1 amide bonds. The first-order valence-corrected chi connectivity index (χ1v) is 9.68. The number of amides is 1. The summed E-state index contributed by atoms with van der Waals surface area (Å²) >= 11 is 2.98. The molecule has 0 saturated carbocycles. The van der Waals surface area contributed by atoms with Crippen LogP contribution in [0.25, 0.3) is 20.8 Å². The summed E-state index contributed by atoms with van der Waals surface area (Å²) in [5, 5.41) is 6.29. The van der Waals surface area contributed by atoms with Gasteiger partial charge in [-0.1, -0.05) is 24.3 Å². The van der Waals surface area contributed by atoms with Crippen molar-refractivity contribution < 1.29 is 9.18 Å². The van der Waals surface area contributed by atoms with Gasteiger partial charge in [0, 0.05) is 10.9 Å². The van der Waals surface area contributed by atoms with Gasteiger partial charge in [0.25, 0.3) is 0 Å². The fraction of sp³-hybridized carbons (Fsp3) is 0.105. The second kappa shape index (κ2) is 7.31. The van der Waals surface area contributed by atoms with Crippen LogP contribution in [0.3, 0.4) is 0 Å². The van der Waals surface area contributed by atoms with Gasteiger partial charge >= 0.3 is 0 Å². The van der Waals surface area contributed by atoms with E-state index in [-0.39, 0.29) is 18.1 Å². The Morgan fingerprint density at radius 3 is 2.85 bits per heavy atom. The van der Waals surface area contributed by atoms with Crippen molar-refractivity contribution in [2.24, 2.45) is 0 Å². The third-order valence-corrected chi connectivity index (χ3v) is 5.72. The Morgan fingerprint density at radius 2 is 2.00 bits per heavy atom. The molecule has 0 unspecified atom stereocenters. The quantitative estimate of drug-likeness (QED) is 0.555. The van der Waals surface area contributed by atoms with Gasteiger partial charge in [-0.05, 0) is 24.3 Å². The van der Waals surface area contributed by atoms with Crippen LogP contribution < -0.4 is 5.32 Å². The molecule has 2 aromatic carbocycles. The van der Waals surface area contributed by atoms with Crippen LogP contribution in [0, 0.1) is 5.82 Å². The molecule has 0 spiro atoms. The van der Waals surface area contributed by atoms with E-state index < -0.39 is 0 Å². The first kappa shape index (κ1) is 16.8.